The van der Waals surface area contributed by atoms with Crippen LogP contribution in [0.3, 0.4) is 0 Å². The summed E-state index contributed by atoms with van der Waals surface area (Å²) in [5.74, 6) is 0.496. The normalized spacial score (nSPS) is 12.5. The molecule has 0 bridgehead atoms. The van der Waals surface area contributed by atoms with Gasteiger partial charge in [-0.2, -0.15) is 0 Å². The molecule has 0 aliphatic carbocycles. The number of rotatable bonds is 6. The molecule has 0 spiro atoms. The van der Waals surface area contributed by atoms with Gasteiger partial charge in [0.1, 0.15) is 5.69 Å². The van der Waals surface area contributed by atoms with Gasteiger partial charge in [0.2, 0.25) is 0 Å². The molecule has 0 fully saturated rings. The van der Waals surface area contributed by atoms with Crippen LogP contribution in [0.25, 0.3) is 0 Å². The van der Waals surface area contributed by atoms with Gasteiger partial charge in [-0.05, 0) is 30.9 Å². The van der Waals surface area contributed by atoms with Crippen LogP contribution in [0.4, 0.5) is 11.4 Å². The Hall–Kier alpha value is -1.62. The highest BCUT2D eigenvalue weighted by Crippen LogP contribution is 2.26. The smallest absolute Gasteiger partial charge is 0.292 e. The van der Waals surface area contributed by atoms with Gasteiger partial charge in [0.05, 0.1) is 4.92 Å². The molecule has 1 rings (SSSR count). The Kier molecular flexibility index (Phi) is 5.09. The largest absolute Gasteiger partial charge is 0.375 e. The summed E-state index contributed by atoms with van der Waals surface area (Å²) in [6, 6.07) is 5.24. The first-order valence-electron chi connectivity index (χ1n) is 6.15. The first-order chi connectivity index (χ1) is 8.43. The standard InChI is InChI=1S/C13H21N3O2/c1-9(2)6-11(8-14)15-12-5-4-10(3)7-13(12)16(17)18/h4-5,7,9,11,15H,6,8,14H2,1-3H3. The molecule has 0 radical (unpaired) electrons. The highest BCUT2D eigenvalue weighted by molar-refractivity contribution is 5.63. The molecular weight excluding hydrogens is 230 g/mol. The molecule has 0 heterocycles. The van der Waals surface area contributed by atoms with Crippen molar-refractivity contribution in [3.05, 3.63) is 33.9 Å². The number of nitrogens with zero attached hydrogens (tertiary/aromatic N) is 1. The molecule has 1 unspecified atom stereocenters. The monoisotopic (exact) mass is 251 g/mol. The fraction of sp³-hybridized carbons (Fsp3) is 0.538. The molecule has 0 aliphatic rings. The molecule has 1 aromatic carbocycles. The average molecular weight is 251 g/mol. The summed E-state index contributed by atoms with van der Waals surface area (Å²) in [5, 5.41) is 14.2. The Morgan fingerprint density at radius 3 is 2.61 bits per heavy atom. The molecule has 0 amide bonds. The predicted octanol–water partition coefficient (Wildman–Crippen LogP) is 2.69. The number of benzene rings is 1. The third-order valence-corrected chi connectivity index (χ3v) is 2.75. The first kappa shape index (κ1) is 14.4. The molecule has 18 heavy (non-hydrogen) atoms. The van der Waals surface area contributed by atoms with Gasteiger partial charge in [-0.25, -0.2) is 0 Å². The summed E-state index contributed by atoms with van der Waals surface area (Å²) in [6.07, 6.45) is 0.890. The number of nitro benzene ring substituents is 1. The number of anilines is 1. The van der Waals surface area contributed by atoms with Gasteiger partial charge in [0.15, 0.2) is 0 Å². The number of nitrogens with one attached hydrogen (secondary N) is 1. The van der Waals surface area contributed by atoms with Crippen LogP contribution >= 0.6 is 0 Å². The molecule has 0 saturated carbocycles. The Morgan fingerprint density at radius 1 is 1.44 bits per heavy atom. The maximum atomic E-state index is 11.0. The van der Waals surface area contributed by atoms with Gasteiger partial charge < -0.3 is 11.1 Å². The zero-order valence-corrected chi connectivity index (χ0v) is 11.1. The lowest BCUT2D eigenvalue weighted by Crippen LogP contribution is -2.30. The van der Waals surface area contributed by atoms with Gasteiger partial charge in [0.25, 0.3) is 5.69 Å². The van der Waals surface area contributed by atoms with Crippen molar-refractivity contribution in [2.24, 2.45) is 11.7 Å². The van der Waals surface area contributed by atoms with E-state index in [9.17, 15) is 10.1 Å². The van der Waals surface area contributed by atoms with E-state index >= 15 is 0 Å². The Bertz CT molecular complexity index is 419. The highest BCUT2D eigenvalue weighted by atomic mass is 16.6. The van der Waals surface area contributed by atoms with E-state index in [-0.39, 0.29) is 16.7 Å². The van der Waals surface area contributed by atoms with Crippen molar-refractivity contribution in [1.29, 1.82) is 0 Å². The molecule has 3 N–H and O–H groups in total. The van der Waals surface area contributed by atoms with Crippen molar-refractivity contribution >= 4 is 11.4 Å². The van der Waals surface area contributed by atoms with E-state index in [1.165, 1.54) is 0 Å². The summed E-state index contributed by atoms with van der Waals surface area (Å²) >= 11 is 0. The van der Waals surface area contributed by atoms with Crippen LogP contribution in [0, 0.1) is 23.0 Å². The Labute approximate surface area is 108 Å². The highest BCUT2D eigenvalue weighted by Gasteiger charge is 2.17. The van der Waals surface area contributed by atoms with Crippen LogP contribution in [0.2, 0.25) is 0 Å². The number of hydrogen-bond acceptors (Lipinski definition) is 4. The second kappa shape index (κ2) is 6.35. The molecule has 1 aromatic rings. The Morgan fingerprint density at radius 2 is 2.11 bits per heavy atom. The molecule has 0 aliphatic heterocycles. The SMILES string of the molecule is Cc1ccc(NC(CN)CC(C)C)c([N+](=O)[O-])c1. The van der Waals surface area contributed by atoms with Crippen molar-refractivity contribution in [1.82, 2.24) is 0 Å². The van der Waals surface area contributed by atoms with Gasteiger partial charge in [-0.1, -0.05) is 19.9 Å². The maximum absolute atomic E-state index is 11.0. The minimum atomic E-state index is -0.363. The third kappa shape index (κ3) is 4.00. The van der Waals surface area contributed by atoms with Gasteiger partial charge in [-0.15, -0.1) is 0 Å². The topological polar surface area (TPSA) is 81.2 Å². The summed E-state index contributed by atoms with van der Waals surface area (Å²) in [4.78, 5) is 10.6. The van der Waals surface area contributed by atoms with Crippen LogP contribution in [0.1, 0.15) is 25.8 Å². The van der Waals surface area contributed by atoms with E-state index < -0.39 is 0 Å². The molecule has 5 heteroatoms. The molecule has 0 saturated heterocycles. The van der Waals surface area contributed by atoms with Crippen molar-refractivity contribution in [2.45, 2.75) is 33.2 Å². The number of aryl methyl sites for hydroxylation is 1. The fourth-order valence-corrected chi connectivity index (χ4v) is 1.92. The van der Waals surface area contributed by atoms with Gasteiger partial charge in [0, 0.05) is 18.7 Å². The zero-order valence-electron chi connectivity index (χ0n) is 11.1. The van der Waals surface area contributed by atoms with Crippen molar-refractivity contribution in [3.63, 3.8) is 0 Å². The minimum Gasteiger partial charge on any atom is -0.375 e. The van der Waals surface area contributed by atoms with E-state index in [4.69, 9.17) is 5.73 Å². The van der Waals surface area contributed by atoms with E-state index in [0.717, 1.165) is 12.0 Å². The van der Waals surface area contributed by atoms with Gasteiger partial charge in [-0.3, -0.25) is 10.1 Å². The van der Waals surface area contributed by atoms with E-state index in [0.29, 0.717) is 18.2 Å². The summed E-state index contributed by atoms with van der Waals surface area (Å²) in [6.45, 7) is 6.51. The number of hydrogen-bond donors (Lipinski definition) is 2. The minimum absolute atomic E-state index is 0.0615. The van der Waals surface area contributed by atoms with Crippen LogP contribution in [0.5, 0.6) is 0 Å². The first-order valence-corrected chi connectivity index (χ1v) is 6.15. The molecule has 1 atom stereocenters. The van der Waals surface area contributed by atoms with Crippen LogP contribution in [-0.2, 0) is 0 Å². The van der Waals surface area contributed by atoms with Crippen molar-refractivity contribution in [2.75, 3.05) is 11.9 Å². The lowest BCUT2D eigenvalue weighted by atomic mass is 10.0. The lowest BCUT2D eigenvalue weighted by Gasteiger charge is -2.20. The second-order valence-corrected chi connectivity index (χ2v) is 4.98. The Balaban J connectivity index is 2.91. The van der Waals surface area contributed by atoms with E-state index in [1.807, 2.05) is 13.0 Å². The fourth-order valence-electron chi connectivity index (χ4n) is 1.92. The molecule has 0 aromatic heterocycles. The second-order valence-electron chi connectivity index (χ2n) is 4.98. The summed E-state index contributed by atoms with van der Waals surface area (Å²) < 4.78 is 0. The number of nitro groups is 1. The predicted molar refractivity (Wildman–Crippen MR) is 73.8 cm³/mol. The molecule has 100 valence electrons. The third-order valence-electron chi connectivity index (χ3n) is 2.75. The van der Waals surface area contributed by atoms with Gasteiger partial charge >= 0.3 is 0 Å². The van der Waals surface area contributed by atoms with Crippen molar-refractivity contribution < 1.29 is 4.92 Å². The van der Waals surface area contributed by atoms with Crippen LogP contribution in [0.15, 0.2) is 18.2 Å². The average Bonchev–Trinajstić information content (AvgIpc) is 2.29. The summed E-state index contributed by atoms with van der Waals surface area (Å²) in [7, 11) is 0. The summed E-state index contributed by atoms with van der Waals surface area (Å²) in [5.41, 5.74) is 7.22. The van der Waals surface area contributed by atoms with Crippen LogP contribution < -0.4 is 11.1 Å². The quantitative estimate of drug-likeness (QED) is 0.601. The maximum Gasteiger partial charge on any atom is 0.292 e. The molecule has 5 nitrogen and oxygen atoms in total. The number of nitrogens with two attached hydrogens (primary N) is 1. The molecular formula is C13H21N3O2. The lowest BCUT2D eigenvalue weighted by molar-refractivity contribution is -0.384. The van der Waals surface area contributed by atoms with E-state index in [1.54, 1.807) is 12.1 Å². The zero-order chi connectivity index (χ0) is 13.7. The van der Waals surface area contributed by atoms with Crippen LogP contribution in [-0.4, -0.2) is 17.5 Å². The van der Waals surface area contributed by atoms with Crippen molar-refractivity contribution in [3.8, 4) is 0 Å². The van der Waals surface area contributed by atoms with E-state index in [2.05, 4.69) is 19.2 Å².